The molecule has 3 rings (SSSR count). The first-order chi connectivity index (χ1) is 9.15. The van der Waals surface area contributed by atoms with Gasteiger partial charge in [-0.2, -0.15) is 19.6 Å². The third-order valence-electron chi connectivity index (χ3n) is 3.37. The fourth-order valence-electron chi connectivity index (χ4n) is 2.10. The van der Waals surface area contributed by atoms with Crippen LogP contribution in [0.15, 0.2) is 6.33 Å². The first-order valence-corrected chi connectivity index (χ1v) is 6.59. The first kappa shape index (κ1) is 12.6. The minimum Gasteiger partial charge on any atom is -0.304 e. The number of nitrogens with one attached hydrogen (secondary N) is 1. The number of anilines is 1. The van der Waals surface area contributed by atoms with E-state index in [2.05, 4.69) is 37.4 Å². The van der Waals surface area contributed by atoms with E-state index in [1.807, 2.05) is 6.92 Å². The summed E-state index contributed by atoms with van der Waals surface area (Å²) >= 11 is 6.13. The van der Waals surface area contributed by atoms with Crippen LogP contribution in [0.25, 0.3) is 5.78 Å². The summed E-state index contributed by atoms with van der Waals surface area (Å²) in [5.74, 6) is 1.34. The average molecular weight is 282 g/mol. The summed E-state index contributed by atoms with van der Waals surface area (Å²) in [4.78, 5) is 10.6. The Bertz CT molecular complexity index is 588. The smallest absolute Gasteiger partial charge is 0.255 e. The van der Waals surface area contributed by atoms with Crippen LogP contribution in [0, 0.1) is 6.92 Å². The number of halogens is 1. The molecule has 0 aromatic carbocycles. The summed E-state index contributed by atoms with van der Waals surface area (Å²) in [6.45, 7) is 5.89. The molecule has 102 valence electrons. The average Bonchev–Trinajstić information content (AvgIpc) is 2.85. The van der Waals surface area contributed by atoms with Gasteiger partial charge >= 0.3 is 0 Å². The van der Waals surface area contributed by atoms with Gasteiger partial charge in [-0.25, -0.2) is 5.01 Å². The van der Waals surface area contributed by atoms with Crippen LogP contribution in [0.2, 0.25) is 5.15 Å². The highest BCUT2D eigenvalue weighted by Crippen LogP contribution is 2.22. The predicted octanol–water partition coefficient (Wildman–Crippen LogP) is 0.660. The van der Waals surface area contributed by atoms with E-state index in [4.69, 9.17) is 11.6 Å². The number of hydrogen-bond acceptors (Lipinski definition) is 6. The first-order valence-electron chi connectivity index (χ1n) is 6.21. The standard InChI is InChI=1S/C11H16ClN7/c1-8-9(12)15-11-13-7-14-19(11)10(8)16-18-5-3-17(2)4-6-18/h7,16H,3-6H2,1-2H3. The molecule has 0 radical (unpaired) electrons. The van der Waals surface area contributed by atoms with Gasteiger partial charge in [0.1, 0.15) is 11.5 Å². The largest absolute Gasteiger partial charge is 0.304 e. The molecule has 0 spiro atoms. The van der Waals surface area contributed by atoms with Gasteiger partial charge in [-0.15, -0.1) is 0 Å². The molecule has 3 heterocycles. The Balaban J connectivity index is 1.91. The molecule has 2 aromatic rings. The quantitative estimate of drug-likeness (QED) is 0.816. The number of fused-ring (bicyclic) bond motifs is 1. The second-order valence-electron chi connectivity index (χ2n) is 4.75. The minimum absolute atomic E-state index is 0.456. The van der Waals surface area contributed by atoms with Crippen molar-refractivity contribution in [3.8, 4) is 0 Å². The maximum atomic E-state index is 6.13. The number of likely N-dealkylation sites (N-methyl/N-ethyl adjacent to an activating group) is 1. The van der Waals surface area contributed by atoms with Gasteiger partial charge in [0.05, 0.1) is 0 Å². The van der Waals surface area contributed by atoms with Gasteiger partial charge in [0.25, 0.3) is 5.78 Å². The maximum Gasteiger partial charge on any atom is 0.255 e. The van der Waals surface area contributed by atoms with Crippen molar-refractivity contribution in [2.75, 3.05) is 38.7 Å². The molecule has 0 unspecified atom stereocenters. The van der Waals surface area contributed by atoms with Crippen LogP contribution in [0.3, 0.4) is 0 Å². The van der Waals surface area contributed by atoms with Gasteiger partial charge in [-0.05, 0) is 14.0 Å². The summed E-state index contributed by atoms with van der Waals surface area (Å²) < 4.78 is 1.68. The Morgan fingerprint density at radius 1 is 1.26 bits per heavy atom. The normalized spacial score (nSPS) is 18.1. The van der Waals surface area contributed by atoms with Crippen LogP contribution in [-0.2, 0) is 0 Å². The monoisotopic (exact) mass is 281 g/mol. The third-order valence-corrected chi connectivity index (χ3v) is 3.74. The zero-order chi connectivity index (χ0) is 13.4. The van der Waals surface area contributed by atoms with E-state index >= 15 is 0 Å². The van der Waals surface area contributed by atoms with Gasteiger partial charge in [-0.3, -0.25) is 0 Å². The Kier molecular flexibility index (Phi) is 3.26. The van der Waals surface area contributed by atoms with E-state index in [0.29, 0.717) is 10.9 Å². The molecule has 0 amide bonds. The van der Waals surface area contributed by atoms with Crippen LogP contribution >= 0.6 is 11.6 Å². The fourth-order valence-corrected chi connectivity index (χ4v) is 2.26. The highest BCUT2D eigenvalue weighted by Gasteiger charge is 2.18. The summed E-state index contributed by atoms with van der Waals surface area (Å²) in [7, 11) is 2.13. The van der Waals surface area contributed by atoms with Crippen molar-refractivity contribution in [3.05, 3.63) is 17.0 Å². The number of aromatic nitrogens is 4. The number of hydrazine groups is 1. The van der Waals surface area contributed by atoms with Crippen molar-refractivity contribution in [1.29, 1.82) is 0 Å². The van der Waals surface area contributed by atoms with Gasteiger partial charge in [0.15, 0.2) is 5.82 Å². The molecule has 0 aliphatic carbocycles. The summed E-state index contributed by atoms with van der Waals surface area (Å²) in [6, 6.07) is 0. The van der Waals surface area contributed by atoms with E-state index in [1.54, 1.807) is 4.52 Å². The summed E-state index contributed by atoms with van der Waals surface area (Å²) in [6.07, 6.45) is 1.48. The number of rotatable bonds is 2. The lowest BCUT2D eigenvalue weighted by Crippen LogP contribution is -2.47. The molecule has 1 aliphatic heterocycles. The maximum absolute atomic E-state index is 6.13. The lowest BCUT2D eigenvalue weighted by atomic mass is 10.3. The van der Waals surface area contributed by atoms with Crippen LogP contribution in [-0.4, -0.2) is 62.7 Å². The highest BCUT2D eigenvalue weighted by molar-refractivity contribution is 6.30. The van der Waals surface area contributed by atoms with Gasteiger partial charge in [0, 0.05) is 31.7 Å². The van der Waals surface area contributed by atoms with Crippen LogP contribution in [0.4, 0.5) is 5.82 Å². The molecular weight excluding hydrogens is 266 g/mol. The van der Waals surface area contributed by atoms with Crippen LogP contribution in [0.5, 0.6) is 0 Å². The topological polar surface area (TPSA) is 61.6 Å². The van der Waals surface area contributed by atoms with Crippen molar-refractivity contribution >= 4 is 23.2 Å². The molecular formula is C11H16ClN7. The van der Waals surface area contributed by atoms with Gasteiger partial charge in [-0.1, -0.05) is 11.6 Å². The van der Waals surface area contributed by atoms with E-state index in [9.17, 15) is 0 Å². The Morgan fingerprint density at radius 3 is 2.74 bits per heavy atom. The Labute approximate surface area is 116 Å². The molecule has 19 heavy (non-hydrogen) atoms. The molecule has 8 heteroatoms. The second-order valence-corrected chi connectivity index (χ2v) is 5.11. The van der Waals surface area contributed by atoms with Crippen LogP contribution in [0.1, 0.15) is 5.56 Å². The van der Waals surface area contributed by atoms with E-state index in [-0.39, 0.29) is 0 Å². The molecule has 1 aliphatic rings. The van der Waals surface area contributed by atoms with Crippen molar-refractivity contribution in [3.63, 3.8) is 0 Å². The molecule has 2 aromatic heterocycles. The Hall–Kier alpha value is -1.44. The third kappa shape index (κ3) is 2.36. The number of nitrogens with zero attached hydrogens (tertiary/aromatic N) is 6. The lowest BCUT2D eigenvalue weighted by Gasteiger charge is -2.33. The molecule has 7 nitrogen and oxygen atoms in total. The lowest BCUT2D eigenvalue weighted by molar-refractivity contribution is 0.178. The SMILES string of the molecule is Cc1c(Cl)nc2ncnn2c1NN1CCN(C)CC1. The van der Waals surface area contributed by atoms with Gasteiger partial charge in [0.2, 0.25) is 0 Å². The summed E-state index contributed by atoms with van der Waals surface area (Å²) in [5.41, 5.74) is 4.26. The van der Waals surface area contributed by atoms with Crippen molar-refractivity contribution in [2.24, 2.45) is 0 Å². The minimum atomic E-state index is 0.456. The molecule has 0 saturated carbocycles. The highest BCUT2D eigenvalue weighted by atomic mass is 35.5. The van der Waals surface area contributed by atoms with E-state index < -0.39 is 0 Å². The number of hydrogen-bond donors (Lipinski definition) is 1. The molecule has 1 saturated heterocycles. The molecule has 1 N–H and O–H groups in total. The van der Waals surface area contributed by atoms with Crippen molar-refractivity contribution < 1.29 is 0 Å². The van der Waals surface area contributed by atoms with Crippen molar-refractivity contribution in [1.82, 2.24) is 29.5 Å². The fraction of sp³-hybridized carbons (Fsp3) is 0.545. The Morgan fingerprint density at radius 2 is 2.00 bits per heavy atom. The van der Waals surface area contributed by atoms with E-state index in [1.165, 1.54) is 6.33 Å². The zero-order valence-corrected chi connectivity index (χ0v) is 11.7. The van der Waals surface area contributed by atoms with Crippen LogP contribution < -0.4 is 5.43 Å². The van der Waals surface area contributed by atoms with Crippen molar-refractivity contribution in [2.45, 2.75) is 6.92 Å². The zero-order valence-electron chi connectivity index (χ0n) is 11.0. The second kappa shape index (κ2) is 4.92. The number of piperazine rings is 1. The molecule has 1 fully saturated rings. The summed E-state index contributed by atoms with van der Waals surface area (Å²) in [5, 5.41) is 6.81. The van der Waals surface area contributed by atoms with Gasteiger partial charge < -0.3 is 10.3 Å². The predicted molar refractivity (Wildman–Crippen MR) is 73.2 cm³/mol. The molecule has 0 bridgehead atoms. The van der Waals surface area contributed by atoms with E-state index in [0.717, 1.165) is 37.6 Å². The molecule has 0 atom stereocenters.